The lowest BCUT2D eigenvalue weighted by Crippen LogP contribution is -2.35. The molecule has 0 aliphatic heterocycles. The molecule has 3 unspecified atom stereocenters. The quantitative estimate of drug-likeness (QED) is 0.0449. The van der Waals surface area contributed by atoms with Gasteiger partial charge in [-0.05, 0) is 18.8 Å². The van der Waals surface area contributed by atoms with Crippen molar-refractivity contribution in [2.45, 2.75) is 218 Å². The van der Waals surface area contributed by atoms with Crippen molar-refractivity contribution in [3.63, 3.8) is 0 Å². The van der Waals surface area contributed by atoms with Crippen molar-refractivity contribution < 1.29 is 14.6 Å². The molecule has 0 aliphatic carbocycles. The highest BCUT2D eigenvalue weighted by molar-refractivity contribution is 7.81. The molecule has 0 aromatic rings. The van der Waals surface area contributed by atoms with Gasteiger partial charge in [0.25, 0.3) is 0 Å². The fraction of sp³-hybridized carbons (Fsp3) is 0.973. The van der Waals surface area contributed by atoms with Crippen LogP contribution in [-0.4, -0.2) is 29.0 Å². The second-order valence-electron chi connectivity index (χ2n) is 13.1. The number of aliphatic hydroxyl groups excluding tert-OH is 1. The molecule has 0 amide bonds. The Morgan fingerprint density at radius 1 is 0.561 bits per heavy atom. The van der Waals surface area contributed by atoms with Gasteiger partial charge in [0.1, 0.15) is 6.10 Å². The lowest BCUT2D eigenvalue weighted by Gasteiger charge is -2.26. The first-order valence-corrected chi connectivity index (χ1v) is 19.1. The number of esters is 1. The lowest BCUT2D eigenvalue weighted by molar-refractivity contribution is -0.151. The molecule has 0 aromatic carbocycles. The molecular weight excluding hydrogens is 524 g/mol. The van der Waals surface area contributed by atoms with Crippen molar-refractivity contribution >= 4 is 18.6 Å². The number of hydrogen-bond acceptors (Lipinski definition) is 4. The SMILES string of the molecule is CCCCCCCCCCCCCCCCC(C)C(S)C(CO)OC(=O)CCCCCCCCCCCCCCC. The number of rotatable bonds is 33. The van der Waals surface area contributed by atoms with Crippen molar-refractivity contribution in [2.75, 3.05) is 6.61 Å². The summed E-state index contributed by atoms with van der Waals surface area (Å²) in [6.45, 7) is 6.60. The van der Waals surface area contributed by atoms with Gasteiger partial charge in [-0.25, -0.2) is 0 Å². The Bertz CT molecular complexity index is 526. The highest BCUT2D eigenvalue weighted by Gasteiger charge is 2.26. The van der Waals surface area contributed by atoms with Crippen molar-refractivity contribution in [3.05, 3.63) is 0 Å². The molecule has 0 bridgehead atoms. The third kappa shape index (κ3) is 28.3. The Kier molecular flexibility index (Phi) is 32.5. The Morgan fingerprint density at radius 3 is 1.22 bits per heavy atom. The number of carbonyl (C=O) groups is 1. The Hall–Kier alpha value is -0.220. The van der Waals surface area contributed by atoms with Crippen LogP contribution in [0.1, 0.15) is 207 Å². The summed E-state index contributed by atoms with van der Waals surface area (Å²) in [5.41, 5.74) is 0. The largest absolute Gasteiger partial charge is 0.459 e. The second kappa shape index (κ2) is 32.7. The average molecular weight is 599 g/mol. The smallest absolute Gasteiger partial charge is 0.306 e. The van der Waals surface area contributed by atoms with Crippen LogP contribution in [0, 0.1) is 5.92 Å². The van der Waals surface area contributed by atoms with E-state index in [2.05, 4.69) is 20.8 Å². The maximum absolute atomic E-state index is 12.4. The van der Waals surface area contributed by atoms with Gasteiger partial charge in [0.05, 0.1) is 6.61 Å². The van der Waals surface area contributed by atoms with E-state index >= 15 is 0 Å². The summed E-state index contributed by atoms with van der Waals surface area (Å²) in [6, 6.07) is 0. The Balaban J connectivity index is 3.67. The number of hydrogen-bond donors (Lipinski definition) is 2. The molecule has 1 N–H and O–H groups in total. The molecule has 3 atom stereocenters. The summed E-state index contributed by atoms with van der Waals surface area (Å²) < 4.78 is 5.65. The lowest BCUT2D eigenvalue weighted by atomic mass is 9.95. The van der Waals surface area contributed by atoms with Gasteiger partial charge in [-0.2, -0.15) is 12.6 Å². The van der Waals surface area contributed by atoms with Crippen LogP contribution in [0.5, 0.6) is 0 Å². The van der Waals surface area contributed by atoms with Crippen molar-refractivity contribution in [1.82, 2.24) is 0 Å². The van der Waals surface area contributed by atoms with E-state index in [-0.39, 0.29) is 17.8 Å². The van der Waals surface area contributed by atoms with Gasteiger partial charge in [0.2, 0.25) is 0 Å². The zero-order valence-electron chi connectivity index (χ0n) is 28.2. The number of unbranched alkanes of at least 4 members (excludes halogenated alkanes) is 25. The van der Waals surface area contributed by atoms with E-state index in [9.17, 15) is 9.90 Å². The zero-order chi connectivity index (χ0) is 30.2. The average Bonchev–Trinajstić information content (AvgIpc) is 2.97. The maximum atomic E-state index is 12.4. The highest BCUT2D eigenvalue weighted by Crippen LogP contribution is 2.23. The molecule has 0 fully saturated rings. The van der Waals surface area contributed by atoms with Gasteiger partial charge in [-0.15, -0.1) is 0 Å². The van der Waals surface area contributed by atoms with Crippen molar-refractivity contribution in [1.29, 1.82) is 0 Å². The molecule has 0 saturated heterocycles. The van der Waals surface area contributed by atoms with Gasteiger partial charge in [0.15, 0.2) is 0 Å². The van der Waals surface area contributed by atoms with Crippen LogP contribution in [0.3, 0.4) is 0 Å². The monoisotopic (exact) mass is 599 g/mol. The molecule has 246 valence electrons. The molecule has 4 heteroatoms. The van der Waals surface area contributed by atoms with Crippen LogP contribution in [0.4, 0.5) is 0 Å². The number of thiol groups is 1. The van der Waals surface area contributed by atoms with Gasteiger partial charge < -0.3 is 9.84 Å². The first kappa shape index (κ1) is 40.8. The third-order valence-corrected chi connectivity index (χ3v) is 9.77. The van der Waals surface area contributed by atoms with E-state index in [0.29, 0.717) is 12.3 Å². The van der Waals surface area contributed by atoms with Gasteiger partial charge >= 0.3 is 5.97 Å². The van der Waals surface area contributed by atoms with Crippen LogP contribution >= 0.6 is 12.6 Å². The zero-order valence-corrected chi connectivity index (χ0v) is 29.1. The minimum absolute atomic E-state index is 0.0995. The van der Waals surface area contributed by atoms with Gasteiger partial charge in [0, 0.05) is 11.7 Å². The minimum atomic E-state index is -0.491. The fourth-order valence-corrected chi connectivity index (χ4v) is 6.23. The molecule has 3 nitrogen and oxygen atoms in total. The molecule has 0 heterocycles. The molecule has 0 radical (unpaired) electrons. The maximum Gasteiger partial charge on any atom is 0.306 e. The Labute approximate surface area is 263 Å². The predicted molar refractivity (Wildman–Crippen MR) is 184 cm³/mol. The van der Waals surface area contributed by atoms with Crippen LogP contribution in [0.15, 0.2) is 0 Å². The molecule has 41 heavy (non-hydrogen) atoms. The normalized spacial score (nSPS) is 13.8. The number of carbonyl (C=O) groups excluding carboxylic acids is 1. The minimum Gasteiger partial charge on any atom is -0.459 e. The summed E-state index contributed by atoms with van der Waals surface area (Å²) >= 11 is 4.75. The molecule has 0 saturated carbocycles. The van der Waals surface area contributed by atoms with E-state index in [1.54, 1.807) is 0 Å². The number of aliphatic hydroxyl groups is 1. The first-order valence-electron chi connectivity index (χ1n) is 18.5. The van der Waals surface area contributed by atoms with Crippen LogP contribution in [0.2, 0.25) is 0 Å². The van der Waals surface area contributed by atoms with Crippen molar-refractivity contribution in [2.24, 2.45) is 5.92 Å². The summed E-state index contributed by atoms with van der Waals surface area (Å²) in [7, 11) is 0. The molecule has 0 rings (SSSR count). The molecule has 0 aromatic heterocycles. The summed E-state index contributed by atoms with van der Waals surface area (Å²) in [4.78, 5) is 12.4. The fourth-order valence-electron chi connectivity index (χ4n) is 5.93. The van der Waals surface area contributed by atoms with Gasteiger partial charge in [-0.1, -0.05) is 188 Å². The van der Waals surface area contributed by atoms with Crippen molar-refractivity contribution in [3.8, 4) is 0 Å². The van der Waals surface area contributed by atoms with Crippen LogP contribution < -0.4 is 0 Å². The van der Waals surface area contributed by atoms with E-state index in [1.165, 1.54) is 161 Å². The second-order valence-corrected chi connectivity index (χ2v) is 13.7. The van der Waals surface area contributed by atoms with Gasteiger partial charge in [-0.3, -0.25) is 4.79 Å². The first-order chi connectivity index (χ1) is 20.1. The van der Waals surface area contributed by atoms with Crippen LogP contribution in [-0.2, 0) is 9.53 Å². The summed E-state index contributed by atoms with van der Waals surface area (Å²) in [6.07, 6.45) is 37.1. The summed E-state index contributed by atoms with van der Waals surface area (Å²) in [5, 5.41) is 9.75. The highest BCUT2D eigenvalue weighted by atomic mass is 32.1. The Morgan fingerprint density at radius 2 is 0.878 bits per heavy atom. The predicted octanol–water partition coefficient (Wildman–Crippen LogP) is 12.2. The van der Waals surface area contributed by atoms with E-state index in [4.69, 9.17) is 17.4 Å². The standard InChI is InChI=1S/C37H74O3S/c1-4-6-8-10-12-14-16-18-20-21-23-25-27-29-31-34(3)37(41)35(33-38)40-36(39)32-30-28-26-24-22-19-17-15-13-11-9-7-5-2/h34-35,37-38,41H,4-33H2,1-3H3. The topological polar surface area (TPSA) is 46.5 Å². The number of ether oxygens (including phenoxy) is 1. The van der Waals surface area contributed by atoms with Crippen LogP contribution in [0.25, 0.3) is 0 Å². The van der Waals surface area contributed by atoms with E-state index < -0.39 is 6.10 Å². The molecule has 0 aliphatic rings. The van der Waals surface area contributed by atoms with E-state index in [1.807, 2.05) is 0 Å². The summed E-state index contributed by atoms with van der Waals surface area (Å²) in [5.74, 6) is 0.159. The third-order valence-electron chi connectivity index (χ3n) is 8.92. The molecular formula is C37H74O3S. The molecule has 0 spiro atoms. The van der Waals surface area contributed by atoms with E-state index in [0.717, 1.165) is 19.3 Å².